The molecule has 0 unspecified atom stereocenters. The van der Waals surface area contributed by atoms with Crippen LogP contribution >= 0.6 is 0 Å². The van der Waals surface area contributed by atoms with E-state index < -0.39 is 23.8 Å². The first-order valence-electron chi connectivity index (χ1n) is 6.13. The number of phenols is 1. The van der Waals surface area contributed by atoms with Crippen molar-refractivity contribution in [1.82, 2.24) is 5.16 Å². The number of anilines is 1. The van der Waals surface area contributed by atoms with Gasteiger partial charge in [0.15, 0.2) is 17.7 Å². The smallest absolute Gasteiger partial charge is 0.414 e. The number of nitrogens with zero attached hydrogens (tertiary/aromatic N) is 2. The maximum absolute atomic E-state index is 13.3. The van der Waals surface area contributed by atoms with E-state index in [4.69, 9.17) is 14.6 Å². The predicted octanol–water partition coefficient (Wildman–Crippen LogP) is 1.92. The Bertz CT molecular complexity index is 646. The molecule has 0 spiro atoms. The zero-order valence-corrected chi connectivity index (χ0v) is 10.7. The third-order valence-corrected chi connectivity index (χ3v) is 2.95. The van der Waals surface area contributed by atoms with Gasteiger partial charge < -0.3 is 19.1 Å². The molecule has 2 heterocycles. The summed E-state index contributed by atoms with van der Waals surface area (Å²) in [5.41, 5.74) is 0.305. The maximum Gasteiger partial charge on any atom is 0.414 e. The summed E-state index contributed by atoms with van der Waals surface area (Å²) < 4.78 is 28.3. The minimum absolute atomic E-state index is 0.106. The molecule has 2 aromatic rings. The highest BCUT2D eigenvalue weighted by atomic mass is 19.1. The molecule has 0 saturated carbocycles. The van der Waals surface area contributed by atoms with Crippen LogP contribution in [0, 0.1) is 5.82 Å². The van der Waals surface area contributed by atoms with E-state index in [1.807, 2.05) is 0 Å². The number of carbonyl (C=O) groups excluding carboxylic acids is 1. The number of phenolic OH excluding ortho intramolecular Hbond substituents is 1. The molecule has 110 valence electrons. The molecule has 1 aromatic carbocycles. The summed E-state index contributed by atoms with van der Waals surface area (Å²) in [4.78, 5) is 13.0. The van der Waals surface area contributed by atoms with Gasteiger partial charge in [-0.2, -0.15) is 0 Å². The topological polar surface area (TPSA) is 85.0 Å². The van der Waals surface area contributed by atoms with Crippen LogP contribution in [0.25, 0.3) is 0 Å². The molecule has 3 rings (SSSR count). The molecule has 0 aliphatic carbocycles. The van der Waals surface area contributed by atoms with Crippen LogP contribution < -0.4 is 9.64 Å². The second-order valence-electron chi connectivity index (χ2n) is 4.40. The van der Waals surface area contributed by atoms with Crippen LogP contribution in [0.3, 0.4) is 0 Å². The minimum atomic E-state index is -0.803. The van der Waals surface area contributed by atoms with Crippen LogP contribution in [0.15, 0.2) is 35.1 Å². The molecule has 1 fully saturated rings. The summed E-state index contributed by atoms with van der Waals surface area (Å²) in [7, 11) is 0. The largest absolute Gasteiger partial charge is 0.505 e. The lowest BCUT2D eigenvalue weighted by atomic mass is 10.2. The number of aromatic hydroxyl groups is 1. The molecule has 1 aliphatic heterocycles. The Kier molecular flexibility index (Phi) is 3.35. The molecule has 8 heteroatoms. The lowest BCUT2D eigenvalue weighted by Gasteiger charge is -2.13. The number of amides is 1. The number of hydrogen-bond donors (Lipinski definition) is 1. The molecule has 21 heavy (non-hydrogen) atoms. The van der Waals surface area contributed by atoms with E-state index in [2.05, 4.69) is 9.68 Å². The Labute approximate surface area is 118 Å². The summed E-state index contributed by atoms with van der Waals surface area (Å²) in [5.74, 6) is -0.986. The molecular formula is C13H11FN2O5. The predicted molar refractivity (Wildman–Crippen MR) is 67.7 cm³/mol. The molecule has 0 radical (unpaired) electrons. The second-order valence-corrected chi connectivity index (χ2v) is 4.40. The van der Waals surface area contributed by atoms with Gasteiger partial charge >= 0.3 is 6.09 Å². The van der Waals surface area contributed by atoms with Crippen LogP contribution in [0.5, 0.6) is 11.6 Å². The molecule has 7 nitrogen and oxygen atoms in total. The van der Waals surface area contributed by atoms with E-state index >= 15 is 0 Å². The fourth-order valence-electron chi connectivity index (χ4n) is 1.94. The van der Waals surface area contributed by atoms with Gasteiger partial charge in [0, 0.05) is 12.1 Å². The average Bonchev–Trinajstić information content (AvgIpc) is 3.09. The van der Waals surface area contributed by atoms with E-state index in [9.17, 15) is 9.18 Å². The van der Waals surface area contributed by atoms with Crippen molar-refractivity contribution in [3.63, 3.8) is 0 Å². The van der Waals surface area contributed by atoms with Crippen LogP contribution in [-0.2, 0) is 4.74 Å². The molecule has 1 atom stereocenters. The Morgan fingerprint density at radius 3 is 3.05 bits per heavy atom. The fourth-order valence-corrected chi connectivity index (χ4v) is 1.94. The van der Waals surface area contributed by atoms with E-state index in [-0.39, 0.29) is 13.2 Å². The van der Waals surface area contributed by atoms with Crippen LogP contribution in [-0.4, -0.2) is 35.6 Å². The van der Waals surface area contributed by atoms with Gasteiger partial charge in [0.05, 0.1) is 12.2 Å². The third kappa shape index (κ3) is 2.73. The number of halogens is 1. The third-order valence-electron chi connectivity index (χ3n) is 2.95. The lowest BCUT2D eigenvalue weighted by Crippen LogP contribution is -2.26. The van der Waals surface area contributed by atoms with E-state index in [0.29, 0.717) is 11.6 Å². The number of ether oxygens (including phenoxy) is 2. The molecule has 0 bridgehead atoms. The van der Waals surface area contributed by atoms with Gasteiger partial charge in [-0.05, 0) is 17.3 Å². The average molecular weight is 294 g/mol. The maximum atomic E-state index is 13.3. The monoisotopic (exact) mass is 294 g/mol. The highest BCUT2D eigenvalue weighted by Crippen LogP contribution is 2.26. The number of cyclic esters (lactones) is 1. The van der Waals surface area contributed by atoms with E-state index in [0.717, 1.165) is 6.07 Å². The first-order chi connectivity index (χ1) is 10.1. The van der Waals surface area contributed by atoms with Crippen molar-refractivity contribution >= 4 is 11.8 Å². The highest BCUT2D eigenvalue weighted by molar-refractivity contribution is 5.89. The van der Waals surface area contributed by atoms with Crippen molar-refractivity contribution in [2.24, 2.45) is 0 Å². The van der Waals surface area contributed by atoms with Crippen molar-refractivity contribution < 1.29 is 28.3 Å². The number of benzene rings is 1. The van der Waals surface area contributed by atoms with Crippen molar-refractivity contribution in [3.8, 4) is 11.6 Å². The standard InChI is InChI=1S/C13H11FN2O5/c14-10-5-8(1-2-11(10)17)16-6-9(21-13(16)18)7-19-12-3-4-20-15-12/h1-5,9,17H,6-7H2/t9-/m1/s1. The summed E-state index contributed by atoms with van der Waals surface area (Å²) in [6.07, 6.45) is 0.251. The van der Waals surface area contributed by atoms with E-state index in [1.54, 1.807) is 0 Å². The van der Waals surface area contributed by atoms with Gasteiger partial charge in [-0.1, -0.05) is 0 Å². The summed E-state index contributed by atoms with van der Waals surface area (Å²) in [6.45, 7) is 0.316. The number of carbonyl (C=O) groups is 1. The normalized spacial score (nSPS) is 17.9. The first kappa shape index (κ1) is 13.2. The van der Waals surface area contributed by atoms with Crippen molar-refractivity contribution in [2.75, 3.05) is 18.1 Å². The molecule has 1 saturated heterocycles. The highest BCUT2D eigenvalue weighted by Gasteiger charge is 2.33. The minimum Gasteiger partial charge on any atom is -0.505 e. The van der Waals surface area contributed by atoms with Crippen LogP contribution in [0.2, 0.25) is 0 Å². The molecule has 1 aromatic heterocycles. The van der Waals surface area contributed by atoms with Gasteiger partial charge in [-0.25, -0.2) is 9.18 Å². The Morgan fingerprint density at radius 2 is 2.33 bits per heavy atom. The van der Waals surface area contributed by atoms with Gasteiger partial charge in [0.1, 0.15) is 12.9 Å². The van der Waals surface area contributed by atoms with Crippen molar-refractivity contribution in [1.29, 1.82) is 0 Å². The SMILES string of the molecule is O=C1O[C@@H](COc2ccon2)CN1c1ccc(O)c(F)c1. The van der Waals surface area contributed by atoms with Gasteiger partial charge in [0.25, 0.3) is 5.88 Å². The zero-order valence-electron chi connectivity index (χ0n) is 10.7. The zero-order chi connectivity index (χ0) is 14.8. The van der Waals surface area contributed by atoms with Crippen LogP contribution in [0.4, 0.5) is 14.9 Å². The number of rotatable bonds is 4. The molecule has 1 amide bonds. The quantitative estimate of drug-likeness (QED) is 0.927. The summed E-state index contributed by atoms with van der Waals surface area (Å²) >= 11 is 0. The summed E-state index contributed by atoms with van der Waals surface area (Å²) in [5, 5.41) is 12.7. The first-order valence-corrected chi connectivity index (χ1v) is 6.13. The molecular weight excluding hydrogens is 283 g/mol. The van der Waals surface area contributed by atoms with Gasteiger partial charge in [-0.15, -0.1) is 0 Å². The van der Waals surface area contributed by atoms with Gasteiger partial charge in [0.2, 0.25) is 0 Å². The fraction of sp³-hybridized carbons (Fsp3) is 0.231. The van der Waals surface area contributed by atoms with Crippen LogP contribution in [0.1, 0.15) is 0 Å². The number of hydrogen-bond acceptors (Lipinski definition) is 6. The molecule has 1 N–H and O–H groups in total. The van der Waals surface area contributed by atoms with Crippen molar-refractivity contribution in [2.45, 2.75) is 6.10 Å². The Balaban J connectivity index is 1.65. The lowest BCUT2D eigenvalue weighted by molar-refractivity contribution is 0.102. The molecule has 1 aliphatic rings. The summed E-state index contributed by atoms with van der Waals surface area (Å²) in [6, 6.07) is 5.21. The second kappa shape index (κ2) is 5.31. The van der Waals surface area contributed by atoms with Crippen molar-refractivity contribution in [3.05, 3.63) is 36.3 Å². The van der Waals surface area contributed by atoms with E-state index in [1.165, 1.54) is 29.4 Å². The Morgan fingerprint density at radius 1 is 1.48 bits per heavy atom. The van der Waals surface area contributed by atoms with Gasteiger partial charge in [-0.3, -0.25) is 4.90 Å². The Hall–Kier alpha value is -2.77. The number of aromatic nitrogens is 1.